The molecule has 1 aromatic heterocycles. The molecule has 0 saturated heterocycles. The third-order valence-corrected chi connectivity index (χ3v) is 3.34. The second-order valence-corrected chi connectivity index (χ2v) is 4.73. The summed E-state index contributed by atoms with van der Waals surface area (Å²) in [6.07, 6.45) is 3.05. The van der Waals surface area contributed by atoms with Crippen molar-refractivity contribution in [2.45, 2.75) is 31.5 Å². The van der Waals surface area contributed by atoms with Crippen LogP contribution in [-0.4, -0.2) is 38.3 Å². The molecule has 1 rings (SSSR count). The van der Waals surface area contributed by atoms with E-state index in [2.05, 4.69) is 10.3 Å². The molecular formula is C11H15N3O4S. The number of nitrogens with zero attached hydrogens (tertiary/aromatic N) is 2. The molecule has 1 aromatic rings. The van der Waals surface area contributed by atoms with Crippen LogP contribution in [0.15, 0.2) is 22.2 Å². The molecule has 0 aliphatic carbocycles. The molecule has 0 spiro atoms. The lowest BCUT2D eigenvalue weighted by molar-refractivity contribution is -0.140. The Balaban J connectivity index is 2.77. The van der Waals surface area contributed by atoms with Gasteiger partial charge in [-0.25, -0.2) is 9.78 Å². The molecule has 8 heteroatoms. The highest BCUT2D eigenvalue weighted by Crippen LogP contribution is 2.11. The first-order valence-electron chi connectivity index (χ1n) is 5.63. The Morgan fingerprint density at radius 1 is 1.58 bits per heavy atom. The number of aliphatic carboxylic acids is 1. The zero-order valence-electron chi connectivity index (χ0n) is 10.6. The molecule has 0 fully saturated rings. The standard InChI is InChI=1S/C11H15N3O4S/c1-3-14-5-4-12-9(10(14)16)19-6-8(11(17)18)13-7(2)15/h4-5,8H,3,6H2,1-2H3,(H,13,15)(H,17,18). The van der Waals surface area contributed by atoms with Crippen LogP contribution < -0.4 is 10.9 Å². The molecule has 0 radical (unpaired) electrons. The number of aromatic nitrogens is 2. The van der Waals surface area contributed by atoms with Crippen molar-refractivity contribution >= 4 is 23.6 Å². The highest BCUT2D eigenvalue weighted by molar-refractivity contribution is 7.99. The molecule has 0 aliphatic heterocycles. The number of carbonyl (C=O) groups is 2. The fourth-order valence-electron chi connectivity index (χ4n) is 1.36. The lowest BCUT2D eigenvalue weighted by atomic mass is 10.3. The predicted molar refractivity (Wildman–Crippen MR) is 70.1 cm³/mol. The summed E-state index contributed by atoms with van der Waals surface area (Å²) in [5, 5.41) is 11.5. The minimum Gasteiger partial charge on any atom is -0.480 e. The number of hydrogen-bond acceptors (Lipinski definition) is 5. The second-order valence-electron chi connectivity index (χ2n) is 3.73. The minimum absolute atomic E-state index is 0.0465. The van der Waals surface area contributed by atoms with Gasteiger partial charge in [0.2, 0.25) is 5.91 Å². The zero-order chi connectivity index (χ0) is 14.4. The Morgan fingerprint density at radius 3 is 2.79 bits per heavy atom. The highest BCUT2D eigenvalue weighted by atomic mass is 32.2. The molecule has 1 amide bonds. The third-order valence-electron chi connectivity index (χ3n) is 2.29. The Morgan fingerprint density at radius 2 is 2.26 bits per heavy atom. The van der Waals surface area contributed by atoms with Gasteiger partial charge >= 0.3 is 5.97 Å². The Bertz CT molecular complexity index is 529. The fraction of sp³-hybridized carbons (Fsp3) is 0.455. The Kier molecular flexibility index (Phi) is 5.56. The number of carboxylic acid groups (broad SMARTS) is 1. The van der Waals surface area contributed by atoms with Crippen LogP contribution in [0.1, 0.15) is 13.8 Å². The quantitative estimate of drug-likeness (QED) is 0.710. The van der Waals surface area contributed by atoms with Gasteiger partial charge in [-0.05, 0) is 6.92 Å². The number of hydrogen-bond donors (Lipinski definition) is 2. The molecule has 1 unspecified atom stereocenters. The van der Waals surface area contributed by atoms with Gasteiger partial charge in [-0.1, -0.05) is 11.8 Å². The summed E-state index contributed by atoms with van der Waals surface area (Å²) in [6.45, 7) is 3.58. The van der Waals surface area contributed by atoms with E-state index in [1.807, 2.05) is 6.92 Å². The van der Waals surface area contributed by atoms with Crippen molar-refractivity contribution in [3.63, 3.8) is 0 Å². The normalized spacial score (nSPS) is 11.9. The van der Waals surface area contributed by atoms with E-state index in [1.54, 1.807) is 6.20 Å². The number of carboxylic acids is 1. The molecule has 0 saturated carbocycles. The van der Waals surface area contributed by atoms with Crippen LogP contribution in [0.4, 0.5) is 0 Å². The van der Waals surface area contributed by atoms with Gasteiger partial charge < -0.3 is 15.0 Å². The van der Waals surface area contributed by atoms with Gasteiger partial charge in [0, 0.05) is 31.6 Å². The molecule has 2 N–H and O–H groups in total. The summed E-state index contributed by atoms with van der Waals surface area (Å²) in [6, 6.07) is -1.04. The number of carbonyl (C=O) groups excluding carboxylic acids is 1. The van der Waals surface area contributed by atoms with Gasteiger partial charge in [0.15, 0.2) is 5.03 Å². The molecular weight excluding hydrogens is 270 g/mol. The summed E-state index contributed by atoms with van der Waals surface area (Å²) in [7, 11) is 0. The van der Waals surface area contributed by atoms with E-state index in [-0.39, 0.29) is 16.3 Å². The average molecular weight is 285 g/mol. The van der Waals surface area contributed by atoms with Gasteiger partial charge in [0.05, 0.1) is 0 Å². The smallest absolute Gasteiger partial charge is 0.327 e. The first-order valence-corrected chi connectivity index (χ1v) is 6.62. The summed E-state index contributed by atoms with van der Waals surface area (Å²) in [4.78, 5) is 37.6. The Labute approximate surface area is 114 Å². The molecule has 19 heavy (non-hydrogen) atoms. The van der Waals surface area contributed by atoms with E-state index in [4.69, 9.17) is 5.11 Å². The molecule has 1 atom stereocenters. The first kappa shape index (κ1) is 15.2. The van der Waals surface area contributed by atoms with Crippen LogP contribution in [0.5, 0.6) is 0 Å². The zero-order valence-corrected chi connectivity index (χ0v) is 11.4. The summed E-state index contributed by atoms with van der Waals surface area (Å²) >= 11 is 1.01. The molecule has 0 aliphatic rings. The topological polar surface area (TPSA) is 101 Å². The van der Waals surface area contributed by atoms with Gasteiger partial charge in [-0.3, -0.25) is 9.59 Å². The van der Waals surface area contributed by atoms with E-state index < -0.39 is 17.9 Å². The SMILES string of the molecule is CCn1ccnc(SCC(NC(C)=O)C(=O)O)c1=O. The van der Waals surface area contributed by atoms with Crippen molar-refractivity contribution in [2.24, 2.45) is 0 Å². The summed E-state index contributed by atoms with van der Waals surface area (Å²) in [5.41, 5.74) is -0.262. The average Bonchev–Trinajstić information content (AvgIpc) is 2.35. The van der Waals surface area contributed by atoms with E-state index >= 15 is 0 Å². The maximum Gasteiger partial charge on any atom is 0.327 e. The molecule has 104 valence electrons. The van der Waals surface area contributed by atoms with Crippen molar-refractivity contribution in [1.82, 2.24) is 14.9 Å². The van der Waals surface area contributed by atoms with Crippen LogP contribution in [0, 0.1) is 0 Å². The minimum atomic E-state index is -1.14. The number of amides is 1. The number of rotatable bonds is 6. The van der Waals surface area contributed by atoms with Gasteiger partial charge in [0.25, 0.3) is 5.56 Å². The second kappa shape index (κ2) is 6.93. The maximum atomic E-state index is 11.8. The monoisotopic (exact) mass is 285 g/mol. The van der Waals surface area contributed by atoms with Crippen LogP contribution in [-0.2, 0) is 16.1 Å². The van der Waals surface area contributed by atoms with E-state index in [0.717, 1.165) is 11.8 Å². The molecule has 7 nitrogen and oxygen atoms in total. The van der Waals surface area contributed by atoms with Gasteiger partial charge in [0.1, 0.15) is 6.04 Å². The Hall–Kier alpha value is -1.83. The maximum absolute atomic E-state index is 11.8. The van der Waals surface area contributed by atoms with E-state index in [0.29, 0.717) is 6.54 Å². The number of nitrogens with one attached hydrogen (secondary N) is 1. The van der Waals surface area contributed by atoms with Crippen molar-refractivity contribution in [3.8, 4) is 0 Å². The molecule has 0 aromatic carbocycles. The fourth-order valence-corrected chi connectivity index (χ4v) is 2.28. The van der Waals surface area contributed by atoms with Crippen LogP contribution >= 0.6 is 11.8 Å². The van der Waals surface area contributed by atoms with Crippen LogP contribution in [0.3, 0.4) is 0 Å². The van der Waals surface area contributed by atoms with Gasteiger partial charge in [-0.2, -0.15) is 0 Å². The largest absolute Gasteiger partial charge is 0.480 e. The van der Waals surface area contributed by atoms with Crippen molar-refractivity contribution < 1.29 is 14.7 Å². The number of thioether (sulfide) groups is 1. The molecule has 0 bridgehead atoms. The van der Waals surface area contributed by atoms with Crippen LogP contribution in [0.25, 0.3) is 0 Å². The summed E-state index contributed by atoms with van der Waals surface area (Å²) in [5.74, 6) is -1.53. The summed E-state index contributed by atoms with van der Waals surface area (Å²) < 4.78 is 1.48. The van der Waals surface area contributed by atoms with E-state index in [1.165, 1.54) is 17.7 Å². The lowest BCUT2D eigenvalue weighted by Gasteiger charge is -2.12. The van der Waals surface area contributed by atoms with Crippen molar-refractivity contribution in [3.05, 3.63) is 22.7 Å². The first-order chi connectivity index (χ1) is 8.95. The number of aryl methyl sites for hydroxylation is 1. The lowest BCUT2D eigenvalue weighted by Crippen LogP contribution is -2.41. The predicted octanol–water partition coefficient (Wildman–Crippen LogP) is -0.0554. The van der Waals surface area contributed by atoms with Crippen molar-refractivity contribution in [1.29, 1.82) is 0 Å². The van der Waals surface area contributed by atoms with Crippen molar-refractivity contribution in [2.75, 3.05) is 5.75 Å². The van der Waals surface area contributed by atoms with E-state index in [9.17, 15) is 14.4 Å². The third kappa shape index (κ3) is 4.40. The van der Waals surface area contributed by atoms with Gasteiger partial charge in [-0.15, -0.1) is 0 Å². The molecule has 1 heterocycles. The highest BCUT2D eigenvalue weighted by Gasteiger charge is 2.19. The van der Waals surface area contributed by atoms with Crippen LogP contribution in [0.2, 0.25) is 0 Å².